The number of ether oxygens (including phenoxy) is 1. The zero-order valence-electron chi connectivity index (χ0n) is 14.9. The van der Waals surface area contributed by atoms with Gasteiger partial charge >= 0.3 is 6.03 Å². The van der Waals surface area contributed by atoms with Crippen molar-refractivity contribution in [2.45, 2.75) is 31.7 Å². The molecule has 2 heterocycles. The predicted molar refractivity (Wildman–Crippen MR) is 96.6 cm³/mol. The number of rotatable bonds is 4. The SMILES string of the molecule is COc1cccc(C(NC(=O)N2CCCCCC2)c2nccn2C)c1. The molecule has 6 heteroatoms. The Morgan fingerprint density at radius 1 is 1.24 bits per heavy atom. The highest BCUT2D eigenvalue weighted by Crippen LogP contribution is 2.24. The zero-order chi connectivity index (χ0) is 17.6. The molecule has 0 aliphatic carbocycles. The van der Waals surface area contributed by atoms with Gasteiger partial charge in [0.1, 0.15) is 17.6 Å². The van der Waals surface area contributed by atoms with E-state index in [1.807, 2.05) is 47.0 Å². The molecule has 2 aromatic rings. The molecular formula is C19H26N4O2. The fraction of sp³-hybridized carbons (Fsp3) is 0.474. The summed E-state index contributed by atoms with van der Waals surface area (Å²) >= 11 is 0. The number of urea groups is 1. The van der Waals surface area contributed by atoms with Crippen molar-refractivity contribution >= 4 is 6.03 Å². The molecule has 1 fully saturated rings. The first-order chi connectivity index (χ1) is 12.2. The van der Waals surface area contributed by atoms with Gasteiger partial charge in [0.2, 0.25) is 0 Å². The molecule has 0 radical (unpaired) electrons. The minimum Gasteiger partial charge on any atom is -0.497 e. The Kier molecular flexibility index (Phi) is 5.58. The molecule has 1 aromatic heterocycles. The van der Waals surface area contributed by atoms with Gasteiger partial charge in [0.05, 0.1) is 7.11 Å². The van der Waals surface area contributed by atoms with E-state index in [9.17, 15) is 4.79 Å². The molecule has 3 rings (SSSR count). The van der Waals surface area contributed by atoms with Crippen LogP contribution in [-0.4, -0.2) is 40.7 Å². The smallest absolute Gasteiger partial charge is 0.318 e. The van der Waals surface area contributed by atoms with Crippen LogP contribution in [0, 0.1) is 0 Å². The Bertz CT molecular complexity index is 705. The van der Waals surface area contributed by atoms with E-state index in [1.165, 1.54) is 12.8 Å². The van der Waals surface area contributed by atoms with Crippen molar-refractivity contribution in [1.82, 2.24) is 19.8 Å². The van der Waals surface area contributed by atoms with Crippen LogP contribution in [0.1, 0.15) is 43.1 Å². The molecule has 1 aliphatic rings. The minimum atomic E-state index is -0.314. The number of benzene rings is 1. The number of amides is 2. The number of methoxy groups -OCH3 is 1. The molecular weight excluding hydrogens is 316 g/mol. The van der Waals surface area contributed by atoms with Crippen molar-refractivity contribution in [3.05, 3.63) is 48.0 Å². The third-order valence-electron chi connectivity index (χ3n) is 4.70. The van der Waals surface area contributed by atoms with E-state index in [2.05, 4.69) is 10.3 Å². The standard InChI is InChI=1S/C19H26N4O2/c1-22-13-10-20-18(22)17(15-8-7-9-16(14-15)25-2)21-19(24)23-11-5-3-4-6-12-23/h7-10,13-14,17H,3-6,11-12H2,1-2H3,(H,21,24). The summed E-state index contributed by atoms with van der Waals surface area (Å²) in [7, 11) is 3.58. The summed E-state index contributed by atoms with van der Waals surface area (Å²) in [6, 6.07) is 7.42. The van der Waals surface area contributed by atoms with Crippen LogP contribution in [0.4, 0.5) is 4.79 Å². The first-order valence-corrected chi connectivity index (χ1v) is 8.85. The second kappa shape index (κ2) is 8.05. The van der Waals surface area contributed by atoms with E-state index in [1.54, 1.807) is 13.3 Å². The van der Waals surface area contributed by atoms with Gasteiger partial charge in [0, 0.05) is 32.5 Å². The molecule has 0 saturated carbocycles. The van der Waals surface area contributed by atoms with Gasteiger partial charge in [-0.05, 0) is 30.5 Å². The molecule has 1 aromatic carbocycles. The molecule has 1 N–H and O–H groups in total. The van der Waals surface area contributed by atoms with E-state index < -0.39 is 0 Å². The Morgan fingerprint density at radius 2 is 2.00 bits per heavy atom. The summed E-state index contributed by atoms with van der Waals surface area (Å²) in [6.07, 6.45) is 8.17. The van der Waals surface area contributed by atoms with Crippen LogP contribution in [0.2, 0.25) is 0 Å². The molecule has 1 atom stereocenters. The number of carbonyl (C=O) groups excluding carboxylic acids is 1. The third-order valence-corrected chi connectivity index (χ3v) is 4.70. The normalized spacial score (nSPS) is 16.2. The first-order valence-electron chi connectivity index (χ1n) is 8.85. The summed E-state index contributed by atoms with van der Waals surface area (Å²) < 4.78 is 7.28. The van der Waals surface area contributed by atoms with Crippen molar-refractivity contribution < 1.29 is 9.53 Å². The molecule has 1 unspecified atom stereocenters. The van der Waals surface area contributed by atoms with Crippen molar-refractivity contribution in [1.29, 1.82) is 0 Å². The van der Waals surface area contributed by atoms with Crippen LogP contribution in [-0.2, 0) is 7.05 Å². The summed E-state index contributed by atoms with van der Waals surface area (Å²) in [6.45, 7) is 1.63. The highest BCUT2D eigenvalue weighted by molar-refractivity contribution is 5.75. The zero-order valence-corrected chi connectivity index (χ0v) is 14.9. The molecule has 0 bridgehead atoms. The fourth-order valence-electron chi connectivity index (χ4n) is 3.26. The largest absolute Gasteiger partial charge is 0.497 e. The summed E-state index contributed by atoms with van der Waals surface area (Å²) in [4.78, 5) is 19.2. The lowest BCUT2D eigenvalue weighted by molar-refractivity contribution is 0.197. The van der Waals surface area contributed by atoms with Gasteiger partial charge in [-0.3, -0.25) is 0 Å². The number of hydrogen-bond donors (Lipinski definition) is 1. The molecule has 25 heavy (non-hydrogen) atoms. The topological polar surface area (TPSA) is 59.4 Å². The Hall–Kier alpha value is -2.50. The van der Waals surface area contributed by atoms with Gasteiger partial charge in [-0.2, -0.15) is 0 Å². The Labute approximate surface area is 148 Å². The van der Waals surface area contributed by atoms with Gasteiger partial charge < -0.3 is 19.5 Å². The third kappa shape index (κ3) is 4.13. The van der Waals surface area contributed by atoms with Crippen molar-refractivity contribution in [3.8, 4) is 5.75 Å². The lowest BCUT2D eigenvalue weighted by Gasteiger charge is -2.25. The van der Waals surface area contributed by atoms with Gasteiger partial charge in [0.15, 0.2) is 0 Å². The van der Waals surface area contributed by atoms with Crippen molar-refractivity contribution in [2.75, 3.05) is 20.2 Å². The number of hydrogen-bond acceptors (Lipinski definition) is 3. The van der Waals surface area contributed by atoms with Crippen LogP contribution in [0.25, 0.3) is 0 Å². The van der Waals surface area contributed by atoms with Crippen LogP contribution in [0.3, 0.4) is 0 Å². The van der Waals surface area contributed by atoms with E-state index in [-0.39, 0.29) is 12.1 Å². The highest BCUT2D eigenvalue weighted by atomic mass is 16.5. The molecule has 0 spiro atoms. The number of likely N-dealkylation sites (tertiary alicyclic amines) is 1. The highest BCUT2D eigenvalue weighted by Gasteiger charge is 2.24. The van der Waals surface area contributed by atoms with Crippen LogP contribution in [0.15, 0.2) is 36.7 Å². The maximum atomic E-state index is 12.8. The number of aryl methyl sites for hydroxylation is 1. The second-order valence-corrected chi connectivity index (χ2v) is 6.46. The molecule has 6 nitrogen and oxygen atoms in total. The molecule has 2 amide bonds. The van der Waals surface area contributed by atoms with E-state index in [0.717, 1.165) is 43.1 Å². The second-order valence-electron chi connectivity index (χ2n) is 6.46. The van der Waals surface area contributed by atoms with Crippen LogP contribution in [0.5, 0.6) is 5.75 Å². The van der Waals surface area contributed by atoms with Crippen LogP contribution >= 0.6 is 0 Å². The number of nitrogens with one attached hydrogen (secondary N) is 1. The predicted octanol–water partition coefficient (Wildman–Crippen LogP) is 3.10. The maximum Gasteiger partial charge on any atom is 0.318 e. The lowest BCUT2D eigenvalue weighted by Crippen LogP contribution is -2.43. The lowest BCUT2D eigenvalue weighted by atomic mass is 10.1. The average molecular weight is 342 g/mol. The molecule has 1 saturated heterocycles. The number of imidazole rings is 1. The van der Waals surface area contributed by atoms with Gasteiger partial charge in [-0.1, -0.05) is 25.0 Å². The minimum absolute atomic E-state index is 0.0299. The summed E-state index contributed by atoms with van der Waals surface area (Å²) in [5.74, 6) is 1.57. The van der Waals surface area contributed by atoms with E-state index >= 15 is 0 Å². The number of nitrogens with zero attached hydrogens (tertiary/aromatic N) is 3. The summed E-state index contributed by atoms with van der Waals surface area (Å²) in [5.41, 5.74) is 0.955. The van der Waals surface area contributed by atoms with Gasteiger partial charge in [-0.25, -0.2) is 9.78 Å². The average Bonchev–Trinajstić information content (AvgIpc) is 2.88. The van der Waals surface area contributed by atoms with Crippen molar-refractivity contribution in [2.24, 2.45) is 7.05 Å². The van der Waals surface area contributed by atoms with Crippen LogP contribution < -0.4 is 10.1 Å². The summed E-state index contributed by atoms with van der Waals surface area (Å²) in [5, 5.41) is 3.17. The Balaban J connectivity index is 1.86. The molecule has 134 valence electrons. The quantitative estimate of drug-likeness (QED) is 0.929. The number of carbonyl (C=O) groups is 1. The van der Waals surface area contributed by atoms with Crippen molar-refractivity contribution in [3.63, 3.8) is 0 Å². The maximum absolute atomic E-state index is 12.8. The first kappa shape index (κ1) is 17.3. The number of aromatic nitrogens is 2. The molecule has 1 aliphatic heterocycles. The monoisotopic (exact) mass is 342 g/mol. The van der Waals surface area contributed by atoms with E-state index in [4.69, 9.17) is 4.74 Å². The van der Waals surface area contributed by atoms with Gasteiger partial charge in [0.25, 0.3) is 0 Å². The van der Waals surface area contributed by atoms with Gasteiger partial charge in [-0.15, -0.1) is 0 Å². The fourth-order valence-corrected chi connectivity index (χ4v) is 3.26. The Morgan fingerprint density at radius 3 is 2.64 bits per heavy atom. The van der Waals surface area contributed by atoms with E-state index in [0.29, 0.717) is 0 Å².